The van der Waals surface area contributed by atoms with Crippen LogP contribution in [0.2, 0.25) is 0 Å². The highest BCUT2D eigenvalue weighted by atomic mass is 35.5. The topological polar surface area (TPSA) is 55.1 Å². The maximum Gasteiger partial charge on any atom is 0.251 e. The van der Waals surface area contributed by atoms with Gasteiger partial charge >= 0.3 is 0 Å². The molecule has 0 aliphatic heterocycles. The minimum Gasteiger partial charge on any atom is -0.349 e. The van der Waals surface area contributed by atoms with E-state index in [2.05, 4.69) is 19.2 Å². The number of hydrogen-bond donors (Lipinski definition) is 2. The molecule has 106 valence electrons. The van der Waals surface area contributed by atoms with Gasteiger partial charge in [0.25, 0.3) is 5.91 Å². The van der Waals surface area contributed by atoms with Gasteiger partial charge in [0.2, 0.25) is 0 Å². The normalized spacial score (nSPS) is 20.7. The van der Waals surface area contributed by atoms with Crippen LogP contribution in [0.4, 0.5) is 0 Å². The zero-order valence-corrected chi connectivity index (χ0v) is 12.4. The fourth-order valence-corrected chi connectivity index (χ4v) is 2.63. The van der Waals surface area contributed by atoms with E-state index in [-0.39, 0.29) is 23.7 Å². The Morgan fingerprint density at radius 1 is 1.37 bits per heavy atom. The lowest BCUT2D eigenvalue weighted by atomic mass is 9.87. The summed E-state index contributed by atoms with van der Waals surface area (Å²) in [6.45, 7) is 4.96. The van der Waals surface area contributed by atoms with Gasteiger partial charge in [0.05, 0.1) is 0 Å². The van der Waals surface area contributed by atoms with Crippen molar-refractivity contribution in [1.82, 2.24) is 5.32 Å². The molecule has 3 nitrogen and oxygen atoms in total. The predicted molar refractivity (Wildman–Crippen MR) is 80.5 cm³/mol. The quantitative estimate of drug-likeness (QED) is 0.896. The molecule has 1 saturated carbocycles. The molecule has 1 aliphatic rings. The Morgan fingerprint density at radius 2 is 2.00 bits per heavy atom. The molecular weight excluding hydrogens is 260 g/mol. The van der Waals surface area contributed by atoms with Crippen molar-refractivity contribution in [1.29, 1.82) is 0 Å². The minimum absolute atomic E-state index is 0. The maximum absolute atomic E-state index is 12.1. The Hall–Kier alpha value is -1.06. The first kappa shape index (κ1) is 16.0. The van der Waals surface area contributed by atoms with Crippen molar-refractivity contribution in [2.75, 3.05) is 0 Å². The van der Waals surface area contributed by atoms with E-state index >= 15 is 0 Å². The molecule has 4 heteroatoms. The van der Waals surface area contributed by atoms with Gasteiger partial charge in [0.15, 0.2) is 0 Å². The van der Waals surface area contributed by atoms with Crippen LogP contribution in [-0.2, 0) is 6.54 Å². The van der Waals surface area contributed by atoms with Crippen LogP contribution in [0, 0.1) is 5.41 Å². The lowest BCUT2D eigenvalue weighted by Gasteiger charge is -2.27. The summed E-state index contributed by atoms with van der Waals surface area (Å²) in [5.41, 5.74) is 7.52. The highest BCUT2D eigenvalue weighted by Gasteiger charge is 2.35. The lowest BCUT2D eigenvalue weighted by molar-refractivity contribution is 0.0910. The van der Waals surface area contributed by atoms with Crippen LogP contribution in [0.25, 0.3) is 0 Å². The molecule has 19 heavy (non-hydrogen) atoms. The van der Waals surface area contributed by atoms with Crippen LogP contribution >= 0.6 is 12.4 Å². The van der Waals surface area contributed by atoms with E-state index in [1.807, 2.05) is 24.3 Å². The van der Waals surface area contributed by atoms with E-state index < -0.39 is 0 Å². The Bertz CT molecular complexity index is 428. The fourth-order valence-electron chi connectivity index (χ4n) is 2.63. The van der Waals surface area contributed by atoms with E-state index in [9.17, 15) is 4.79 Å². The second-order valence-corrected chi connectivity index (χ2v) is 5.81. The molecule has 0 spiro atoms. The second kappa shape index (κ2) is 6.40. The van der Waals surface area contributed by atoms with Gasteiger partial charge in [0.1, 0.15) is 0 Å². The number of hydrogen-bond acceptors (Lipinski definition) is 2. The highest BCUT2D eigenvalue weighted by Crippen LogP contribution is 2.37. The fraction of sp³-hybridized carbons (Fsp3) is 0.533. The van der Waals surface area contributed by atoms with E-state index in [1.54, 1.807) is 0 Å². The number of rotatable bonds is 3. The Labute approximate surface area is 121 Å². The molecule has 1 aromatic carbocycles. The SMILES string of the molecule is CC1(C)CCCC1NC(=O)c1ccc(CN)cc1.Cl. The Morgan fingerprint density at radius 3 is 2.47 bits per heavy atom. The largest absolute Gasteiger partial charge is 0.349 e. The van der Waals surface area contributed by atoms with Crippen LogP contribution in [-0.4, -0.2) is 11.9 Å². The molecule has 1 amide bonds. The molecule has 3 N–H and O–H groups in total. The number of nitrogens with one attached hydrogen (secondary N) is 1. The minimum atomic E-state index is 0. The summed E-state index contributed by atoms with van der Waals surface area (Å²) in [7, 11) is 0. The Balaban J connectivity index is 0.00000180. The number of benzene rings is 1. The molecule has 1 fully saturated rings. The number of halogens is 1. The lowest BCUT2D eigenvalue weighted by Crippen LogP contribution is -2.41. The van der Waals surface area contributed by atoms with Crippen LogP contribution in [0.1, 0.15) is 49.0 Å². The van der Waals surface area contributed by atoms with Crippen LogP contribution in [0.15, 0.2) is 24.3 Å². The third-order valence-corrected chi connectivity index (χ3v) is 4.01. The van der Waals surface area contributed by atoms with Gasteiger partial charge in [-0.05, 0) is 36.0 Å². The molecule has 1 aromatic rings. The van der Waals surface area contributed by atoms with Crippen molar-refractivity contribution in [3.8, 4) is 0 Å². The smallest absolute Gasteiger partial charge is 0.251 e. The summed E-state index contributed by atoms with van der Waals surface area (Å²) >= 11 is 0. The van der Waals surface area contributed by atoms with Gasteiger partial charge in [-0.3, -0.25) is 4.79 Å². The summed E-state index contributed by atoms with van der Waals surface area (Å²) in [4.78, 5) is 12.1. The van der Waals surface area contributed by atoms with E-state index in [1.165, 1.54) is 12.8 Å². The van der Waals surface area contributed by atoms with Gasteiger partial charge in [-0.2, -0.15) is 0 Å². The van der Waals surface area contributed by atoms with Gasteiger partial charge in [-0.15, -0.1) is 12.4 Å². The summed E-state index contributed by atoms with van der Waals surface area (Å²) in [5, 5.41) is 3.15. The molecular formula is C15H23ClN2O. The van der Waals surface area contributed by atoms with Gasteiger partial charge in [-0.1, -0.05) is 32.4 Å². The molecule has 0 radical (unpaired) electrons. The van der Waals surface area contributed by atoms with E-state index in [0.29, 0.717) is 12.6 Å². The van der Waals surface area contributed by atoms with Crippen molar-refractivity contribution in [2.24, 2.45) is 11.1 Å². The molecule has 1 aliphatic carbocycles. The van der Waals surface area contributed by atoms with Crippen molar-refractivity contribution in [3.05, 3.63) is 35.4 Å². The van der Waals surface area contributed by atoms with E-state index in [4.69, 9.17) is 5.73 Å². The van der Waals surface area contributed by atoms with Gasteiger partial charge < -0.3 is 11.1 Å². The third kappa shape index (κ3) is 3.71. The predicted octanol–water partition coefficient (Wildman–Crippen LogP) is 2.88. The van der Waals surface area contributed by atoms with Gasteiger partial charge in [-0.25, -0.2) is 0 Å². The van der Waals surface area contributed by atoms with Crippen molar-refractivity contribution in [3.63, 3.8) is 0 Å². The molecule has 0 bridgehead atoms. The molecule has 0 aromatic heterocycles. The van der Waals surface area contributed by atoms with E-state index in [0.717, 1.165) is 17.5 Å². The summed E-state index contributed by atoms with van der Waals surface area (Å²) in [5.74, 6) is 0.0264. The first-order valence-electron chi connectivity index (χ1n) is 6.63. The van der Waals surface area contributed by atoms with Crippen molar-refractivity contribution in [2.45, 2.75) is 45.7 Å². The standard InChI is InChI=1S/C15H22N2O.ClH/c1-15(2)9-3-4-13(15)17-14(18)12-7-5-11(10-16)6-8-12;/h5-8,13H,3-4,9-10,16H2,1-2H3,(H,17,18);1H. The molecule has 0 saturated heterocycles. The highest BCUT2D eigenvalue weighted by molar-refractivity contribution is 5.94. The first-order valence-corrected chi connectivity index (χ1v) is 6.63. The molecule has 2 rings (SSSR count). The van der Waals surface area contributed by atoms with Crippen molar-refractivity contribution < 1.29 is 4.79 Å². The van der Waals surface area contributed by atoms with Crippen LogP contribution < -0.4 is 11.1 Å². The number of amides is 1. The summed E-state index contributed by atoms with van der Waals surface area (Å²) in [6, 6.07) is 7.81. The zero-order chi connectivity index (χ0) is 13.2. The van der Waals surface area contributed by atoms with Crippen molar-refractivity contribution >= 4 is 18.3 Å². The van der Waals surface area contributed by atoms with Crippen LogP contribution in [0.5, 0.6) is 0 Å². The number of nitrogens with two attached hydrogens (primary N) is 1. The summed E-state index contributed by atoms with van der Waals surface area (Å²) in [6.07, 6.45) is 3.47. The Kier molecular flexibility index (Phi) is 5.39. The summed E-state index contributed by atoms with van der Waals surface area (Å²) < 4.78 is 0. The first-order chi connectivity index (χ1) is 8.53. The molecule has 0 heterocycles. The molecule has 1 atom stereocenters. The zero-order valence-electron chi connectivity index (χ0n) is 11.6. The van der Waals surface area contributed by atoms with Gasteiger partial charge in [0, 0.05) is 18.2 Å². The number of carbonyl (C=O) groups is 1. The third-order valence-electron chi connectivity index (χ3n) is 4.01. The molecule has 1 unspecified atom stereocenters. The maximum atomic E-state index is 12.1. The second-order valence-electron chi connectivity index (χ2n) is 5.81. The monoisotopic (exact) mass is 282 g/mol. The average molecular weight is 283 g/mol. The number of carbonyl (C=O) groups excluding carboxylic acids is 1. The van der Waals surface area contributed by atoms with Crippen LogP contribution in [0.3, 0.4) is 0 Å². The average Bonchev–Trinajstić information content (AvgIpc) is 2.69.